The van der Waals surface area contributed by atoms with Crippen LogP contribution in [0.2, 0.25) is 0 Å². The van der Waals surface area contributed by atoms with Crippen LogP contribution in [0.4, 0.5) is 5.69 Å². The van der Waals surface area contributed by atoms with Crippen molar-refractivity contribution in [2.75, 3.05) is 18.9 Å². The van der Waals surface area contributed by atoms with Crippen LogP contribution in [0.15, 0.2) is 18.2 Å². The number of nitrogens with one attached hydrogen (secondary N) is 1. The first-order chi connectivity index (χ1) is 6.63. The van der Waals surface area contributed by atoms with Gasteiger partial charge in [-0.05, 0) is 31.0 Å². The van der Waals surface area contributed by atoms with Gasteiger partial charge in [-0.1, -0.05) is 12.1 Å². The summed E-state index contributed by atoms with van der Waals surface area (Å²) in [5.41, 5.74) is 3.17. The van der Waals surface area contributed by atoms with Gasteiger partial charge in [0.25, 0.3) is 5.91 Å². The zero-order valence-corrected chi connectivity index (χ0v) is 8.92. The van der Waals surface area contributed by atoms with Gasteiger partial charge in [-0.15, -0.1) is 0 Å². The third-order valence-electron chi connectivity index (χ3n) is 2.06. The Morgan fingerprint density at radius 3 is 2.79 bits per heavy atom. The summed E-state index contributed by atoms with van der Waals surface area (Å²) in [7, 11) is 1.88. The van der Waals surface area contributed by atoms with E-state index in [0.29, 0.717) is 6.54 Å². The maximum absolute atomic E-state index is 11.3. The summed E-state index contributed by atoms with van der Waals surface area (Å²) in [5.74, 6) is 0.0428. The number of quaternary nitrogens is 1. The first-order valence-corrected chi connectivity index (χ1v) is 4.78. The van der Waals surface area contributed by atoms with Crippen LogP contribution >= 0.6 is 0 Å². The number of aryl methyl sites for hydroxylation is 2. The van der Waals surface area contributed by atoms with Gasteiger partial charge in [0.05, 0.1) is 7.05 Å². The van der Waals surface area contributed by atoms with E-state index in [0.717, 1.165) is 16.8 Å². The molecule has 1 aromatic carbocycles. The minimum Gasteiger partial charge on any atom is -0.341 e. The van der Waals surface area contributed by atoms with Crippen LogP contribution in [0.3, 0.4) is 0 Å². The Morgan fingerprint density at radius 1 is 1.43 bits per heavy atom. The number of carbonyl (C=O) groups is 1. The largest absolute Gasteiger partial charge is 0.341 e. The van der Waals surface area contributed by atoms with Gasteiger partial charge < -0.3 is 10.6 Å². The van der Waals surface area contributed by atoms with Gasteiger partial charge in [-0.25, -0.2) is 0 Å². The SMILES string of the molecule is C[NH2+]CC(=O)Nc1cc(C)ccc1C. The second kappa shape index (κ2) is 4.77. The number of rotatable bonds is 3. The molecule has 0 radical (unpaired) electrons. The van der Waals surface area contributed by atoms with E-state index in [1.165, 1.54) is 0 Å². The van der Waals surface area contributed by atoms with E-state index in [1.807, 2.05) is 44.4 Å². The second-order valence-corrected chi connectivity index (χ2v) is 3.48. The lowest BCUT2D eigenvalue weighted by Gasteiger charge is -2.07. The smallest absolute Gasteiger partial charge is 0.279 e. The molecule has 0 aromatic heterocycles. The van der Waals surface area contributed by atoms with Crippen molar-refractivity contribution in [3.63, 3.8) is 0 Å². The molecule has 0 unspecified atom stereocenters. The summed E-state index contributed by atoms with van der Waals surface area (Å²) >= 11 is 0. The molecule has 0 aliphatic carbocycles. The molecule has 76 valence electrons. The predicted octanol–water partition coefficient (Wildman–Crippen LogP) is 0.435. The van der Waals surface area contributed by atoms with E-state index in [4.69, 9.17) is 0 Å². The maximum atomic E-state index is 11.3. The average molecular weight is 193 g/mol. The summed E-state index contributed by atoms with van der Waals surface area (Å²) in [6.07, 6.45) is 0. The second-order valence-electron chi connectivity index (χ2n) is 3.48. The summed E-state index contributed by atoms with van der Waals surface area (Å²) in [6, 6.07) is 6.04. The van der Waals surface area contributed by atoms with Gasteiger partial charge in [0.15, 0.2) is 6.54 Å². The zero-order chi connectivity index (χ0) is 10.6. The predicted molar refractivity (Wildman–Crippen MR) is 57.3 cm³/mol. The van der Waals surface area contributed by atoms with Gasteiger partial charge in [0, 0.05) is 5.69 Å². The fourth-order valence-corrected chi connectivity index (χ4v) is 1.26. The molecule has 0 saturated carbocycles. The molecule has 0 fully saturated rings. The van der Waals surface area contributed by atoms with E-state index < -0.39 is 0 Å². The lowest BCUT2D eigenvalue weighted by Crippen LogP contribution is -2.82. The van der Waals surface area contributed by atoms with E-state index in [1.54, 1.807) is 0 Å². The molecule has 3 nitrogen and oxygen atoms in total. The average Bonchev–Trinajstić information content (AvgIpc) is 2.12. The number of anilines is 1. The Balaban J connectivity index is 2.75. The van der Waals surface area contributed by atoms with Crippen LogP contribution in [0.5, 0.6) is 0 Å². The molecule has 0 atom stereocenters. The van der Waals surface area contributed by atoms with Crippen LogP contribution < -0.4 is 10.6 Å². The van der Waals surface area contributed by atoms with Crippen LogP contribution in [0, 0.1) is 13.8 Å². The molecule has 1 aromatic rings. The van der Waals surface area contributed by atoms with Crippen molar-refractivity contribution in [1.29, 1.82) is 0 Å². The number of carbonyl (C=O) groups excluding carboxylic acids is 1. The Morgan fingerprint density at radius 2 is 2.14 bits per heavy atom. The van der Waals surface area contributed by atoms with Crippen molar-refractivity contribution in [3.8, 4) is 0 Å². The third kappa shape index (κ3) is 2.85. The van der Waals surface area contributed by atoms with Crippen molar-refractivity contribution in [2.45, 2.75) is 13.8 Å². The Kier molecular flexibility index (Phi) is 3.65. The zero-order valence-electron chi connectivity index (χ0n) is 8.92. The van der Waals surface area contributed by atoms with Crippen molar-refractivity contribution < 1.29 is 10.1 Å². The number of hydrogen-bond donors (Lipinski definition) is 2. The summed E-state index contributed by atoms with van der Waals surface area (Å²) in [5, 5.41) is 4.73. The van der Waals surface area contributed by atoms with Gasteiger partial charge in [0.2, 0.25) is 0 Å². The van der Waals surface area contributed by atoms with Crippen molar-refractivity contribution in [1.82, 2.24) is 0 Å². The minimum absolute atomic E-state index is 0.0428. The molecular weight excluding hydrogens is 176 g/mol. The van der Waals surface area contributed by atoms with E-state index >= 15 is 0 Å². The number of amides is 1. The lowest BCUT2D eigenvalue weighted by atomic mass is 10.1. The third-order valence-corrected chi connectivity index (χ3v) is 2.06. The molecule has 0 aliphatic rings. The van der Waals surface area contributed by atoms with Gasteiger partial charge >= 0.3 is 0 Å². The maximum Gasteiger partial charge on any atom is 0.279 e. The number of nitrogens with two attached hydrogens (primary N) is 1. The van der Waals surface area contributed by atoms with Crippen molar-refractivity contribution >= 4 is 11.6 Å². The normalized spacial score (nSPS) is 9.93. The monoisotopic (exact) mass is 193 g/mol. The molecule has 3 heteroatoms. The van der Waals surface area contributed by atoms with Crippen LogP contribution in [-0.2, 0) is 4.79 Å². The number of likely N-dealkylation sites (N-methyl/N-ethyl adjacent to an activating group) is 1. The highest BCUT2D eigenvalue weighted by Gasteiger charge is 2.04. The quantitative estimate of drug-likeness (QED) is 0.718. The minimum atomic E-state index is 0.0428. The topological polar surface area (TPSA) is 45.7 Å². The molecule has 1 rings (SSSR count). The first-order valence-electron chi connectivity index (χ1n) is 4.78. The standard InChI is InChI=1S/C11H16N2O/c1-8-4-5-9(2)10(6-8)13-11(14)7-12-3/h4-6,12H,7H2,1-3H3,(H,13,14)/p+1. The van der Waals surface area contributed by atoms with E-state index in [2.05, 4.69) is 5.32 Å². The van der Waals surface area contributed by atoms with Crippen molar-refractivity contribution in [2.24, 2.45) is 0 Å². The molecule has 1 amide bonds. The Hall–Kier alpha value is -1.35. The molecular formula is C11H17N2O+. The number of benzene rings is 1. The van der Waals surface area contributed by atoms with E-state index in [9.17, 15) is 4.79 Å². The van der Waals surface area contributed by atoms with Gasteiger partial charge in [0.1, 0.15) is 0 Å². The highest BCUT2D eigenvalue weighted by molar-refractivity contribution is 5.92. The van der Waals surface area contributed by atoms with Gasteiger partial charge in [-0.2, -0.15) is 0 Å². The molecule has 0 aliphatic heterocycles. The highest BCUT2D eigenvalue weighted by atomic mass is 16.1. The Bertz CT molecular complexity index is 334. The molecule has 0 saturated heterocycles. The van der Waals surface area contributed by atoms with E-state index in [-0.39, 0.29) is 5.91 Å². The van der Waals surface area contributed by atoms with Crippen LogP contribution in [-0.4, -0.2) is 19.5 Å². The first kappa shape index (κ1) is 10.7. The molecule has 0 spiro atoms. The highest BCUT2D eigenvalue weighted by Crippen LogP contribution is 2.15. The molecule has 0 heterocycles. The van der Waals surface area contributed by atoms with Crippen LogP contribution in [0.25, 0.3) is 0 Å². The molecule has 0 bridgehead atoms. The molecule has 3 N–H and O–H groups in total. The van der Waals surface area contributed by atoms with Gasteiger partial charge in [-0.3, -0.25) is 4.79 Å². The summed E-state index contributed by atoms with van der Waals surface area (Å²) < 4.78 is 0. The van der Waals surface area contributed by atoms with Crippen molar-refractivity contribution in [3.05, 3.63) is 29.3 Å². The Labute approximate surface area is 84.5 Å². The van der Waals surface area contributed by atoms with Crippen LogP contribution in [0.1, 0.15) is 11.1 Å². The fourth-order valence-electron chi connectivity index (χ4n) is 1.26. The lowest BCUT2D eigenvalue weighted by molar-refractivity contribution is -0.615. The summed E-state index contributed by atoms with van der Waals surface area (Å²) in [6.45, 7) is 4.47. The number of hydrogen-bond acceptors (Lipinski definition) is 1. The summed E-state index contributed by atoms with van der Waals surface area (Å²) in [4.78, 5) is 11.3. The molecule has 14 heavy (non-hydrogen) atoms. The fraction of sp³-hybridized carbons (Fsp3) is 0.364.